The van der Waals surface area contributed by atoms with Crippen LogP contribution < -0.4 is 5.32 Å². The second-order valence-electron chi connectivity index (χ2n) is 4.33. The molecule has 0 aliphatic rings. The zero-order chi connectivity index (χ0) is 13.1. The fourth-order valence-electron chi connectivity index (χ4n) is 1.79. The fourth-order valence-corrected chi connectivity index (χ4v) is 2.17. The van der Waals surface area contributed by atoms with Gasteiger partial charge in [0.25, 0.3) is 5.91 Å². The Bertz CT molecular complexity index is 560. The normalized spacial score (nSPS) is 10.7. The monoisotopic (exact) mass is 306 g/mol. The molecule has 0 radical (unpaired) electrons. The van der Waals surface area contributed by atoms with Gasteiger partial charge < -0.3 is 9.88 Å². The summed E-state index contributed by atoms with van der Waals surface area (Å²) in [5.74, 6) is -0.0967. The molecule has 1 amide bonds. The number of carbonyl (C=O) groups excluding carboxylic acids is 1. The first kappa shape index (κ1) is 12.9. The smallest absolute Gasteiger partial charge is 0.272 e. The van der Waals surface area contributed by atoms with Gasteiger partial charge in [-0.2, -0.15) is 0 Å². The number of hydrogen-bond acceptors (Lipinski definition) is 1. The van der Waals surface area contributed by atoms with Gasteiger partial charge in [-0.15, -0.1) is 0 Å². The van der Waals surface area contributed by atoms with E-state index in [1.807, 2.05) is 47.2 Å². The Morgan fingerprint density at radius 3 is 2.61 bits per heavy atom. The second kappa shape index (κ2) is 5.40. The first-order valence-corrected chi connectivity index (χ1v) is 6.61. The average Bonchev–Trinajstić information content (AvgIpc) is 2.81. The summed E-state index contributed by atoms with van der Waals surface area (Å²) in [5, 5.41) is 2.90. The Morgan fingerprint density at radius 1 is 1.22 bits per heavy atom. The standard InChI is InChI=1S/C14H15BrN2O/c1-10(2)17-9-5-8-13(17)14(18)16-12-7-4-3-6-11(12)15/h3-10H,1-2H3,(H,16,18). The Kier molecular flexibility index (Phi) is 3.87. The van der Waals surface area contributed by atoms with Crippen LogP contribution >= 0.6 is 15.9 Å². The molecule has 0 saturated heterocycles. The highest BCUT2D eigenvalue weighted by atomic mass is 79.9. The molecule has 0 aliphatic carbocycles. The van der Waals surface area contributed by atoms with E-state index in [0.29, 0.717) is 5.69 Å². The molecule has 0 bridgehead atoms. The first-order chi connectivity index (χ1) is 8.59. The van der Waals surface area contributed by atoms with E-state index >= 15 is 0 Å². The Hall–Kier alpha value is -1.55. The number of benzene rings is 1. The molecule has 0 atom stereocenters. The van der Waals surface area contributed by atoms with Gasteiger partial charge in [0.1, 0.15) is 5.69 Å². The predicted octanol–water partition coefficient (Wildman–Crippen LogP) is 4.08. The summed E-state index contributed by atoms with van der Waals surface area (Å²) < 4.78 is 2.83. The zero-order valence-electron chi connectivity index (χ0n) is 10.4. The van der Waals surface area contributed by atoms with E-state index in [-0.39, 0.29) is 11.9 Å². The molecule has 2 rings (SSSR count). The largest absolute Gasteiger partial charge is 0.341 e. The number of amides is 1. The molecule has 1 aromatic heterocycles. The number of aromatic nitrogens is 1. The van der Waals surface area contributed by atoms with Crippen molar-refractivity contribution in [2.45, 2.75) is 19.9 Å². The molecule has 0 saturated carbocycles. The summed E-state index contributed by atoms with van der Waals surface area (Å²) >= 11 is 3.41. The number of anilines is 1. The minimum atomic E-state index is -0.0967. The summed E-state index contributed by atoms with van der Waals surface area (Å²) in [6.07, 6.45) is 1.92. The molecule has 0 aliphatic heterocycles. The Labute approximate surface area is 115 Å². The number of halogens is 1. The molecule has 1 N–H and O–H groups in total. The number of para-hydroxylation sites is 1. The van der Waals surface area contributed by atoms with Crippen molar-refractivity contribution >= 4 is 27.5 Å². The second-order valence-corrected chi connectivity index (χ2v) is 5.18. The summed E-state index contributed by atoms with van der Waals surface area (Å²) in [6.45, 7) is 4.10. The quantitative estimate of drug-likeness (QED) is 0.910. The van der Waals surface area contributed by atoms with Crippen molar-refractivity contribution in [2.75, 3.05) is 5.32 Å². The minimum Gasteiger partial charge on any atom is -0.341 e. The number of nitrogens with one attached hydrogen (secondary N) is 1. The molecule has 1 heterocycles. The number of hydrogen-bond donors (Lipinski definition) is 1. The van der Waals surface area contributed by atoms with E-state index in [9.17, 15) is 4.79 Å². The van der Waals surface area contributed by atoms with Crippen LogP contribution in [0, 0.1) is 0 Å². The lowest BCUT2D eigenvalue weighted by Crippen LogP contribution is -2.17. The van der Waals surface area contributed by atoms with Crippen molar-refractivity contribution in [2.24, 2.45) is 0 Å². The van der Waals surface area contributed by atoms with Crippen molar-refractivity contribution in [1.82, 2.24) is 4.57 Å². The van der Waals surface area contributed by atoms with Crippen LogP contribution in [0.2, 0.25) is 0 Å². The third-order valence-corrected chi connectivity index (χ3v) is 3.38. The van der Waals surface area contributed by atoms with Crippen LogP contribution in [0.4, 0.5) is 5.69 Å². The third-order valence-electron chi connectivity index (χ3n) is 2.69. The van der Waals surface area contributed by atoms with Crippen LogP contribution in [0.1, 0.15) is 30.4 Å². The molecule has 0 spiro atoms. The van der Waals surface area contributed by atoms with Crippen LogP contribution in [0.5, 0.6) is 0 Å². The third kappa shape index (κ3) is 2.64. The average molecular weight is 307 g/mol. The maximum atomic E-state index is 12.2. The van der Waals surface area contributed by atoms with Gasteiger partial charge >= 0.3 is 0 Å². The summed E-state index contributed by atoms with van der Waals surface area (Å²) in [5.41, 5.74) is 1.44. The molecule has 2 aromatic rings. The molecule has 4 heteroatoms. The molecule has 94 valence electrons. The molecule has 3 nitrogen and oxygen atoms in total. The van der Waals surface area contributed by atoms with Crippen molar-refractivity contribution in [3.05, 3.63) is 52.8 Å². The minimum absolute atomic E-state index is 0.0967. The molecule has 1 aromatic carbocycles. The van der Waals surface area contributed by atoms with Gasteiger partial charge in [-0.25, -0.2) is 0 Å². The zero-order valence-corrected chi connectivity index (χ0v) is 11.9. The molecule has 18 heavy (non-hydrogen) atoms. The number of nitrogens with zero attached hydrogens (tertiary/aromatic N) is 1. The maximum Gasteiger partial charge on any atom is 0.272 e. The van der Waals surface area contributed by atoms with Gasteiger partial charge in [0, 0.05) is 16.7 Å². The van der Waals surface area contributed by atoms with Gasteiger partial charge in [0.2, 0.25) is 0 Å². The van der Waals surface area contributed by atoms with Gasteiger partial charge in [0.15, 0.2) is 0 Å². The van der Waals surface area contributed by atoms with Crippen LogP contribution in [-0.4, -0.2) is 10.5 Å². The Balaban J connectivity index is 2.23. The molecule has 0 fully saturated rings. The lowest BCUT2D eigenvalue weighted by atomic mass is 10.3. The molecular formula is C14H15BrN2O. The predicted molar refractivity (Wildman–Crippen MR) is 76.9 cm³/mol. The van der Waals surface area contributed by atoms with E-state index < -0.39 is 0 Å². The summed E-state index contributed by atoms with van der Waals surface area (Å²) in [6, 6.07) is 11.5. The van der Waals surface area contributed by atoms with E-state index in [1.54, 1.807) is 0 Å². The highest BCUT2D eigenvalue weighted by Crippen LogP contribution is 2.22. The highest BCUT2D eigenvalue weighted by Gasteiger charge is 2.13. The van der Waals surface area contributed by atoms with Crippen LogP contribution in [0.25, 0.3) is 0 Å². The van der Waals surface area contributed by atoms with E-state index in [1.165, 1.54) is 0 Å². The van der Waals surface area contributed by atoms with Crippen LogP contribution in [-0.2, 0) is 0 Å². The number of carbonyl (C=O) groups is 1. The summed E-state index contributed by atoms with van der Waals surface area (Å²) in [7, 11) is 0. The van der Waals surface area contributed by atoms with Crippen molar-refractivity contribution in [1.29, 1.82) is 0 Å². The SMILES string of the molecule is CC(C)n1cccc1C(=O)Nc1ccccc1Br. The highest BCUT2D eigenvalue weighted by molar-refractivity contribution is 9.10. The van der Waals surface area contributed by atoms with Crippen molar-refractivity contribution in [3.63, 3.8) is 0 Å². The van der Waals surface area contributed by atoms with E-state index in [4.69, 9.17) is 0 Å². The van der Waals surface area contributed by atoms with Crippen LogP contribution in [0.15, 0.2) is 47.1 Å². The van der Waals surface area contributed by atoms with Crippen LogP contribution in [0.3, 0.4) is 0 Å². The lowest BCUT2D eigenvalue weighted by molar-refractivity contribution is 0.101. The van der Waals surface area contributed by atoms with E-state index in [0.717, 1.165) is 10.2 Å². The van der Waals surface area contributed by atoms with Crippen molar-refractivity contribution in [3.8, 4) is 0 Å². The topological polar surface area (TPSA) is 34.0 Å². The van der Waals surface area contributed by atoms with Crippen molar-refractivity contribution < 1.29 is 4.79 Å². The maximum absolute atomic E-state index is 12.2. The van der Waals surface area contributed by atoms with Gasteiger partial charge in [-0.05, 0) is 54.0 Å². The van der Waals surface area contributed by atoms with Gasteiger partial charge in [0.05, 0.1) is 5.69 Å². The van der Waals surface area contributed by atoms with E-state index in [2.05, 4.69) is 35.1 Å². The lowest BCUT2D eigenvalue weighted by Gasteiger charge is -2.13. The Morgan fingerprint density at radius 2 is 1.94 bits per heavy atom. The number of rotatable bonds is 3. The fraction of sp³-hybridized carbons (Fsp3) is 0.214. The van der Waals surface area contributed by atoms with Gasteiger partial charge in [-0.3, -0.25) is 4.79 Å². The first-order valence-electron chi connectivity index (χ1n) is 5.82. The summed E-state index contributed by atoms with van der Waals surface area (Å²) in [4.78, 5) is 12.2. The van der Waals surface area contributed by atoms with Gasteiger partial charge in [-0.1, -0.05) is 12.1 Å². The molecular weight excluding hydrogens is 292 g/mol. The molecule has 0 unspecified atom stereocenters.